The molecule has 2 rings (SSSR count). The average Bonchev–Trinajstić information content (AvgIpc) is 2.77. The van der Waals surface area contributed by atoms with Crippen molar-refractivity contribution in [3.63, 3.8) is 0 Å². The molecule has 3 heteroatoms. The molecule has 0 radical (unpaired) electrons. The minimum atomic E-state index is -0.869. The lowest BCUT2D eigenvalue weighted by molar-refractivity contribution is -0.132. The second kappa shape index (κ2) is 6.51. The Kier molecular flexibility index (Phi) is 5.13. The molecule has 0 saturated heterocycles. The molecule has 0 aromatic carbocycles. The van der Waals surface area contributed by atoms with Gasteiger partial charge >= 0.3 is 5.97 Å². The highest BCUT2D eigenvalue weighted by atomic mass is 16.4. The zero-order valence-electron chi connectivity index (χ0n) is 13.5. The van der Waals surface area contributed by atoms with E-state index in [1.165, 1.54) is 12.8 Å². The molecule has 120 valence electrons. The number of carboxylic acids is 1. The van der Waals surface area contributed by atoms with Crippen LogP contribution in [0.15, 0.2) is 12.2 Å². The molecule has 0 bridgehead atoms. The Morgan fingerprint density at radius 2 is 2.10 bits per heavy atom. The summed E-state index contributed by atoms with van der Waals surface area (Å²) in [6, 6.07) is 0. The van der Waals surface area contributed by atoms with Crippen molar-refractivity contribution in [2.75, 3.05) is 0 Å². The minimum Gasteiger partial charge on any atom is -0.478 e. The summed E-state index contributed by atoms with van der Waals surface area (Å²) >= 11 is 0. The summed E-state index contributed by atoms with van der Waals surface area (Å²) in [6.07, 6.45) is 8.20. The number of aliphatic hydroxyl groups is 1. The predicted molar refractivity (Wildman–Crippen MR) is 84.0 cm³/mol. The molecule has 2 aliphatic carbocycles. The van der Waals surface area contributed by atoms with Crippen LogP contribution in [0.2, 0.25) is 0 Å². The van der Waals surface area contributed by atoms with E-state index in [2.05, 4.69) is 20.4 Å². The summed E-state index contributed by atoms with van der Waals surface area (Å²) in [5.41, 5.74) is 0.617. The number of hydrogen-bond donors (Lipinski definition) is 2. The zero-order chi connectivity index (χ0) is 15.6. The van der Waals surface area contributed by atoms with Crippen LogP contribution in [0.1, 0.15) is 65.2 Å². The van der Waals surface area contributed by atoms with E-state index in [1.807, 2.05) is 0 Å². The molecular weight excluding hydrogens is 264 g/mol. The van der Waals surface area contributed by atoms with E-state index in [1.54, 1.807) is 0 Å². The zero-order valence-corrected chi connectivity index (χ0v) is 13.5. The van der Waals surface area contributed by atoms with Gasteiger partial charge in [0, 0.05) is 5.57 Å². The van der Waals surface area contributed by atoms with Gasteiger partial charge in [-0.1, -0.05) is 33.3 Å². The van der Waals surface area contributed by atoms with Gasteiger partial charge in [0.25, 0.3) is 0 Å². The molecule has 0 aromatic rings. The molecule has 2 N–H and O–H groups in total. The Hall–Kier alpha value is -0.830. The third-order valence-corrected chi connectivity index (χ3v) is 6.29. The van der Waals surface area contributed by atoms with Gasteiger partial charge in [0.2, 0.25) is 0 Å². The average molecular weight is 294 g/mol. The first-order valence-electron chi connectivity index (χ1n) is 8.45. The van der Waals surface area contributed by atoms with E-state index in [9.17, 15) is 9.90 Å². The first-order chi connectivity index (χ1) is 9.86. The summed E-state index contributed by atoms with van der Waals surface area (Å²) in [4.78, 5) is 10.8. The lowest BCUT2D eigenvalue weighted by atomic mass is 9.61. The molecule has 21 heavy (non-hydrogen) atoms. The van der Waals surface area contributed by atoms with E-state index in [4.69, 9.17) is 5.11 Å². The van der Waals surface area contributed by atoms with Crippen LogP contribution >= 0.6 is 0 Å². The molecule has 2 fully saturated rings. The molecular formula is C18H30O3. The molecule has 0 aromatic heterocycles. The summed E-state index contributed by atoms with van der Waals surface area (Å²) in [7, 11) is 0. The number of carbonyl (C=O) groups is 1. The van der Waals surface area contributed by atoms with Crippen LogP contribution in [0.25, 0.3) is 0 Å². The number of aliphatic carboxylic acids is 1. The molecule has 0 spiro atoms. The highest BCUT2D eigenvalue weighted by Crippen LogP contribution is 2.58. The Morgan fingerprint density at radius 1 is 1.38 bits per heavy atom. The number of fused-ring (bicyclic) bond motifs is 1. The molecule has 0 heterocycles. The van der Waals surface area contributed by atoms with Crippen molar-refractivity contribution in [3.05, 3.63) is 12.2 Å². The first kappa shape index (κ1) is 16.5. The van der Waals surface area contributed by atoms with Crippen LogP contribution in [-0.4, -0.2) is 22.3 Å². The van der Waals surface area contributed by atoms with Gasteiger partial charge < -0.3 is 10.2 Å². The normalized spacial score (nSPS) is 37.0. The van der Waals surface area contributed by atoms with Crippen LogP contribution in [0.5, 0.6) is 0 Å². The standard InChI is InChI=1S/C18H30O3/c1-12(6-4-7-13(2)17(20)21)14-9-10-15-16(19)8-5-11-18(14,15)3/h12,14-16,19H,2,4-11H2,1,3H3,(H,20,21)/t12-,14?,15?,16+,18?/m1/s1. The second-order valence-electron chi connectivity index (χ2n) is 7.53. The molecule has 3 unspecified atom stereocenters. The van der Waals surface area contributed by atoms with Gasteiger partial charge in [-0.3, -0.25) is 0 Å². The lowest BCUT2D eigenvalue weighted by Crippen LogP contribution is -2.41. The highest BCUT2D eigenvalue weighted by Gasteiger charge is 2.51. The Labute approximate surface area is 128 Å². The molecule has 0 amide bonds. The predicted octanol–water partition coefficient (Wildman–Crippen LogP) is 4.01. The van der Waals surface area contributed by atoms with Crippen LogP contribution in [-0.2, 0) is 4.79 Å². The van der Waals surface area contributed by atoms with Crippen molar-refractivity contribution in [2.45, 2.75) is 71.3 Å². The summed E-state index contributed by atoms with van der Waals surface area (Å²) in [5.74, 6) is 0.890. The van der Waals surface area contributed by atoms with Gasteiger partial charge in [-0.05, 0) is 61.7 Å². The van der Waals surface area contributed by atoms with Gasteiger partial charge in [-0.15, -0.1) is 0 Å². The Balaban J connectivity index is 1.89. The fourth-order valence-electron chi connectivity index (χ4n) is 5.07. The smallest absolute Gasteiger partial charge is 0.330 e. The van der Waals surface area contributed by atoms with Gasteiger partial charge in [0.15, 0.2) is 0 Å². The van der Waals surface area contributed by atoms with Gasteiger partial charge in [-0.25, -0.2) is 4.79 Å². The highest BCUT2D eigenvalue weighted by molar-refractivity contribution is 5.85. The summed E-state index contributed by atoms with van der Waals surface area (Å²) in [5, 5.41) is 19.1. The van der Waals surface area contributed by atoms with E-state index in [0.29, 0.717) is 35.2 Å². The van der Waals surface area contributed by atoms with E-state index >= 15 is 0 Å². The quantitative estimate of drug-likeness (QED) is 0.728. The van der Waals surface area contributed by atoms with Gasteiger partial charge in [-0.2, -0.15) is 0 Å². The Bertz CT molecular complexity index is 403. The van der Waals surface area contributed by atoms with Gasteiger partial charge in [0.05, 0.1) is 6.10 Å². The van der Waals surface area contributed by atoms with Crippen LogP contribution in [0.3, 0.4) is 0 Å². The van der Waals surface area contributed by atoms with Crippen molar-refractivity contribution in [3.8, 4) is 0 Å². The summed E-state index contributed by atoms with van der Waals surface area (Å²) in [6.45, 7) is 8.29. The van der Waals surface area contributed by atoms with Crippen molar-refractivity contribution < 1.29 is 15.0 Å². The number of hydrogen-bond acceptors (Lipinski definition) is 2. The number of carboxylic acid groups (broad SMARTS) is 1. The van der Waals surface area contributed by atoms with Crippen LogP contribution in [0, 0.1) is 23.2 Å². The molecule has 3 nitrogen and oxygen atoms in total. The molecule has 2 saturated carbocycles. The van der Waals surface area contributed by atoms with E-state index < -0.39 is 5.97 Å². The monoisotopic (exact) mass is 294 g/mol. The van der Waals surface area contributed by atoms with E-state index in [0.717, 1.165) is 32.1 Å². The number of aliphatic hydroxyl groups excluding tert-OH is 1. The number of rotatable bonds is 6. The topological polar surface area (TPSA) is 57.5 Å². The summed E-state index contributed by atoms with van der Waals surface area (Å²) < 4.78 is 0. The van der Waals surface area contributed by atoms with Crippen molar-refractivity contribution in [2.24, 2.45) is 23.2 Å². The maximum Gasteiger partial charge on any atom is 0.330 e. The largest absolute Gasteiger partial charge is 0.478 e. The molecule has 2 aliphatic rings. The van der Waals surface area contributed by atoms with Crippen LogP contribution < -0.4 is 0 Å². The lowest BCUT2D eigenvalue weighted by Gasteiger charge is -2.45. The first-order valence-corrected chi connectivity index (χ1v) is 8.45. The third kappa shape index (κ3) is 3.33. The van der Waals surface area contributed by atoms with Crippen molar-refractivity contribution in [1.29, 1.82) is 0 Å². The van der Waals surface area contributed by atoms with Gasteiger partial charge in [0.1, 0.15) is 0 Å². The maximum absolute atomic E-state index is 10.8. The SMILES string of the molecule is C=C(CCC[C@@H](C)C1CCC2[C@@H](O)CCCC12C)C(=O)O. The van der Waals surface area contributed by atoms with Crippen molar-refractivity contribution in [1.82, 2.24) is 0 Å². The molecule has 0 aliphatic heterocycles. The van der Waals surface area contributed by atoms with Crippen molar-refractivity contribution >= 4 is 5.97 Å². The van der Waals surface area contributed by atoms with E-state index in [-0.39, 0.29) is 6.10 Å². The fourth-order valence-corrected chi connectivity index (χ4v) is 5.07. The third-order valence-electron chi connectivity index (χ3n) is 6.29. The molecule has 5 atom stereocenters. The second-order valence-corrected chi connectivity index (χ2v) is 7.53. The maximum atomic E-state index is 10.8. The Morgan fingerprint density at radius 3 is 2.76 bits per heavy atom. The minimum absolute atomic E-state index is 0.104. The van der Waals surface area contributed by atoms with Crippen LogP contribution in [0.4, 0.5) is 0 Å². The fraction of sp³-hybridized carbons (Fsp3) is 0.833.